The number of carbonyl (C=O) groups excluding carboxylic acids is 3. The van der Waals surface area contributed by atoms with Gasteiger partial charge in [0.15, 0.2) is 6.10 Å². The molecular formula is C31H56N2O8. The summed E-state index contributed by atoms with van der Waals surface area (Å²) in [4.78, 5) is 41.1. The Morgan fingerprint density at radius 3 is 1.83 bits per heavy atom. The molecule has 0 spiro atoms. The summed E-state index contributed by atoms with van der Waals surface area (Å²) in [5.74, 6) is -1.26. The fourth-order valence-corrected chi connectivity index (χ4v) is 4.09. The molecule has 0 bridgehead atoms. The van der Waals surface area contributed by atoms with Gasteiger partial charge in [0.25, 0.3) is 0 Å². The van der Waals surface area contributed by atoms with Gasteiger partial charge in [-0.15, -0.1) is 6.58 Å². The van der Waals surface area contributed by atoms with Gasteiger partial charge in [-0.25, -0.2) is 4.79 Å². The van der Waals surface area contributed by atoms with Crippen molar-refractivity contribution in [2.75, 3.05) is 26.2 Å². The molecule has 10 nitrogen and oxygen atoms in total. The molecule has 1 fully saturated rings. The molecule has 4 atom stereocenters. The standard InChI is InChI=1S/C31H56N2O8/c1-14-19-37-23(20-33-18-16-21(33)25(34)39-29(5,6)7)24(27(36)41-31(11,12)13)32-17-15-22(38-28(2,3)4)26(35)40-30(8,9)10/h14,21-24,32H,1,15-20H2,2-13H3/t21-,22-,23?,24-/m0/s1. The van der Waals surface area contributed by atoms with Gasteiger partial charge in [0.05, 0.1) is 18.3 Å². The van der Waals surface area contributed by atoms with Crippen LogP contribution in [0.5, 0.6) is 0 Å². The molecule has 1 heterocycles. The number of esters is 3. The van der Waals surface area contributed by atoms with Crippen molar-refractivity contribution in [1.82, 2.24) is 10.2 Å². The van der Waals surface area contributed by atoms with Gasteiger partial charge in [0.2, 0.25) is 0 Å². The minimum absolute atomic E-state index is 0.199. The Balaban J connectivity index is 3.15. The SMILES string of the molecule is C=CCOC(CN1CC[C@H]1C(=O)OC(C)(C)C)[C@H](NCC[C@H](OC(C)(C)C)C(=O)OC(C)(C)C)C(=O)OC(C)(C)C. The van der Waals surface area contributed by atoms with Crippen LogP contribution in [-0.2, 0) is 38.1 Å². The van der Waals surface area contributed by atoms with Crippen LogP contribution in [0, 0.1) is 0 Å². The first kappa shape index (κ1) is 37.0. The average Bonchev–Trinajstić information content (AvgIpc) is 2.71. The lowest BCUT2D eigenvalue weighted by Gasteiger charge is -2.43. The summed E-state index contributed by atoms with van der Waals surface area (Å²) in [7, 11) is 0. The second-order valence-corrected chi connectivity index (χ2v) is 14.5. The maximum atomic E-state index is 13.5. The van der Waals surface area contributed by atoms with Crippen LogP contribution in [0.1, 0.15) is 95.9 Å². The number of likely N-dealkylation sites (tertiary alicyclic amines) is 1. The Morgan fingerprint density at radius 1 is 0.854 bits per heavy atom. The average molecular weight is 585 g/mol. The van der Waals surface area contributed by atoms with E-state index in [0.717, 1.165) is 0 Å². The molecule has 1 aliphatic rings. The van der Waals surface area contributed by atoms with Crippen molar-refractivity contribution in [3.8, 4) is 0 Å². The lowest BCUT2D eigenvalue weighted by molar-refractivity contribution is -0.177. The molecule has 10 heteroatoms. The highest BCUT2D eigenvalue weighted by Crippen LogP contribution is 2.24. The molecule has 1 unspecified atom stereocenters. The Labute approximate surface area is 247 Å². The number of ether oxygens (including phenoxy) is 5. The van der Waals surface area contributed by atoms with E-state index in [9.17, 15) is 14.4 Å². The predicted molar refractivity (Wildman–Crippen MR) is 158 cm³/mol. The molecule has 0 radical (unpaired) electrons. The van der Waals surface area contributed by atoms with Crippen molar-refractivity contribution < 1.29 is 38.1 Å². The largest absolute Gasteiger partial charge is 0.459 e. The van der Waals surface area contributed by atoms with Crippen LogP contribution in [-0.4, -0.2) is 95.7 Å². The van der Waals surface area contributed by atoms with Crippen molar-refractivity contribution in [2.24, 2.45) is 0 Å². The number of nitrogens with zero attached hydrogens (tertiary/aromatic N) is 1. The summed E-state index contributed by atoms with van der Waals surface area (Å²) < 4.78 is 29.0. The zero-order valence-electron chi connectivity index (χ0n) is 27.5. The normalized spacial score (nSPS) is 19.0. The van der Waals surface area contributed by atoms with Gasteiger partial charge >= 0.3 is 17.9 Å². The number of hydrogen-bond donors (Lipinski definition) is 1. The molecule has 1 aliphatic heterocycles. The molecule has 0 aromatic carbocycles. The first-order chi connectivity index (χ1) is 18.5. The molecule has 0 aromatic heterocycles. The minimum Gasteiger partial charge on any atom is -0.459 e. The first-order valence-electron chi connectivity index (χ1n) is 14.6. The topological polar surface area (TPSA) is 113 Å². The van der Waals surface area contributed by atoms with Crippen molar-refractivity contribution in [1.29, 1.82) is 0 Å². The summed E-state index contributed by atoms with van der Waals surface area (Å²) in [5, 5.41) is 3.26. The second-order valence-electron chi connectivity index (χ2n) is 14.5. The lowest BCUT2D eigenvalue weighted by Crippen LogP contribution is -2.60. The third-order valence-electron chi connectivity index (χ3n) is 5.62. The van der Waals surface area contributed by atoms with Gasteiger partial charge in [-0.3, -0.25) is 14.5 Å². The highest BCUT2D eigenvalue weighted by atomic mass is 16.6. The maximum Gasteiger partial charge on any atom is 0.335 e. The van der Waals surface area contributed by atoms with Crippen LogP contribution in [0.3, 0.4) is 0 Å². The zero-order valence-corrected chi connectivity index (χ0v) is 27.5. The minimum atomic E-state index is -0.886. The Morgan fingerprint density at radius 2 is 1.39 bits per heavy atom. The summed E-state index contributed by atoms with van der Waals surface area (Å²) in [6.45, 7) is 27.1. The Hall–Kier alpha value is -2.01. The van der Waals surface area contributed by atoms with Crippen LogP contribution in [0.15, 0.2) is 12.7 Å². The summed E-state index contributed by atoms with van der Waals surface area (Å²) in [6, 6.07) is -1.30. The Kier molecular flexibility index (Phi) is 13.5. The highest BCUT2D eigenvalue weighted by molar-refractivity contribution is 5.78. The number of rotatable bonds is 14. The quantitative estimate of drug-likeness (QED) is 0.181. The monoisotopic (exact) mass is 584 g/mol. The summed E-state index contributed by atoms with van der Waals surface area (Å²) in [5.41, 5.74) is -2.59. The molecule has 41 heavy (non-hydrogen) atoms. The fraction of sp³-hybridized carbons (Fsp3) is 0.839. The van der Waals surface area contributed by atoms with E-state index in [1.54, 1.807) is 47.6 Å². The molecule has 1 saturated heterocycles. The van der Waals surface area contributed by atoms with Crippen molar-refractivity contribution in [3.05, 3.63) is 12.7 Å². The van der Waals surface area contributed by atoms with Crippen LogP contribution in [0.25, 0.3) is 0 Å². The first-order valence-corrected chi connectivity index (χ1v) is 14.6. The van der Waals surface area contributed by atoms with E-state index in [1.165, 1.54) is 0 Å². The number of hydrogen-bond acceptors (Lipinski definition) is 10. The maximum absolute atomic E-state index is 13.5. The van der Waals surface area contributed by atoms with E-state index < -0.39 is 58.6 Å². The van der Waals surface area contributed by atoms with Gasteiger partial charge in [0, 0.05) is 13.1 Å². The molecule has 0 saturated carbocycles. The summed E-state index contributed by atoms with van der Waals surface area (Å²) >= 11 is 0. The molecule has 0 amide bonds. The second kappa shape index (κ2) is 14.9. The highest BCUT2D eigenvalue weighted by Gasteiger charge is 2.42. The van der Waals surface area contributed by atoms with Gasteiger partial charge in [-0.1, -0.05) is 6.08 Å². The third kappa shape index (κ3) is 15.2. The third-order valence-corrected chi connectivity index (χ3v) is 5.62. The van der Waals surface area contributed by atoms with Crippen molar-refractivity contribution in [3.63, 3.8) is 0 Å². The van der Waals surface area contributed by atoms with E-state index in [0.29, 0.717) is 19.5 Å². The fourth-order valence-electron chi connectivity index (χ4n) is 4.09. The zero-order chi connectivity index (χ0) is 31.8. The Bertz CT molecular complexity index is 877. The molecule has 1 rings (SSSR count). The van der Waals surface area contributed by atoms with E-state index >= 15 is 0 Å². The van der Waals surface area contributed by atoms with Crippen LogP contribution < -0.4 is 5.32 Å². The van der Waals surface area contributed by atoms with Crippen LogP contribution in [0.4, 0.5) is 0 Å². The summed E-state index contributed by atoms with van der Waals surface area (Å²) in [6.07, 6.45) is 1.01. The van der Waals surface area contributed by atoms with Gasteiger partial charge < -0.3 is 29.0 Å². The van der Waals surface area contributed by atoms with E-state index in [4.69, 9.17) is 23.7 Å². The van der Waals surface area contributed by atoms with Crippen molar-refractivity contribution in [2.45, 2.75) is 143 Å². The smallest absolute Gasteiger partial charge is 0.335 e. The van der Waals surface area contributed by atoms with Gasteiger partial charge in [-0.05, 0) is 102 Å². The van der Waals surface area contributed by atoms with E-state index in [-0.39, 0.29) is 25.5 Å². The molecule has 1 N–H and O–H groups in total. The van der Waals surface area contributed by atoms with E-state index in [2.05, 4.69) is 11.9 Å². The molecule has 0 aromatic rings. The number of nitrogens with one attached hydrogen (secondary N) is 1. The predicted octanol–water partition coefficient (Wildman–Crippen LogP) is 4.19. The molecular weight excluding hydrogens is 528 g/mol. The molecule has 238 valence electrons. The van der Waals surface area contributed by atoms with Gasteiger partial charge in [0.1, 0.15) is 28.9 Å². The lowest BCUT2D eigenvalue weighted by atomic mass is 10.00. The van der Waals surface area contributed by atoms with Crippen molar-refractivity contribution >= 4 is 17.9 Å². The molecule has 0 aliphatic carbocycles. The number of carbonyl (C=O) groups is 3. The van der Waals surface area contributed by atoms with Crippen LogP contribution in [0.2, 0.25) is 0 Å². The van der Waals surface area contributed by atoms with Crippen LogP contribution >= 0.6 is 0 Å². The van der Waals surface area contributed by atoms with E-state index in [1.807, 2.05) is 46.4 Å². The van der Waals surface area contributed by atoms with Gasteiger partial charge in [-0.2, -0.15) is 0 Å².